The number of ketones is 1. The van der Waals surface area contributed by atoms with Crippen molar-refractivity contribution in [3.8, 4) is 5.75 Å². The Hall–Kier alpha value is -2.84. The number of Topliss-reactive ketones (excluding diaryl/α,β-unsaturated/α-hetero) is 1. The average molecular weight is 474 g/mol. The third-order valence-corrected chi connectivity index (χ3v) is 7.15. The van der Waals surface area contributed by atoms with Crippen LogP contribution in [0.5, 0.6) is 5.75 Å². The number of carboxylic acids is 1. The molecule has 174 valence electrons. The highest BCUT2D eigenvalue weighted by Gasteiger charge is 2.56. The average Bonchev–Trinajstić information content (AvgIpc) is 3.66. The fourth-order valence-electron chi connectivity index (χ4n) is 4.95. The Kier molecular flexibility index (Phi) is 5.45. The number of ether oxygens (including phenoxy) is 1. The van der Waals surface area contributed by atoms with Gasteiger partial charge >= 0.3 is 5.97 Å². The van der Waals surface area contributed by atoms with Crippen LogP contribution >= 0.6 is 11.6 Å². The number of carbonyl (C=O) groups excluding carboxylic acids is 1. The number of rotatable bonds is 5. The minimum Gasteiger partial charge on any atom is -0.497 e. The molecule has 1 atom stereocenters. The maximum Gasteiger partial charge on any atom is 0.323 e. The quantitative estimate of drug-likeness (QED) is 0.646. The first-order chi connectivity index (χ1) is 15.9. The zero-order chi connectivity index (χ0) is 23.3. The van der Waals surface area contributed by atoms with E-state index >= 15 is 4.39 Å². The fourth-order valence-corrected chi connectivity index (χ4v) is 5.26. The summed E-state index contributed by atoms with van der Waals surface area (Å²) in [6, 6.07) is 7.88. The number of hydrogen-bond acceptors (Lipinski definition) is 6. The highest BCUT2D eigenvalue weighted by atomic mass is 35.5. The molecule has 2 aromatic rings. The zero-order valence-corrected chi connectivity index (χ0v) is 19.0. The van der Waals surface area contributed by atoms with Crippen molar-refractivity contribution in [3.05, 3.63) is 52.3 Å². The van der Waals surface area contributed by atoms with Gasteiger partial charge in [0.05, 0.1) is 23.5 Å². The predicted octanol–water partition coefficient (Wildman–Crippen LogP) is 3.09. The normalized spacial score (nSPS) is 22.8. The highest BCUT2D eigenvalue weighted by molar-refractivity contribution is 6.34. The SMILES string of the molecule is COc1ccc(C2(C(=O)O)CN(C3CC3)c3c(cc(Cl)c(N4CCNCC4)c3F)C2=O)cc1. The Labute approximate surface area is 196 Å². The van der Waals surface area contributed by atoms with Crippen LogP contribution in [-0.2, 0) is 10.2 Å². The molecular formula is C24H25ClFN3O4. The van der Waals surface area contributed by atoms with Gasteiger partial charge in [0.2, 0.25) is 0 Å². The molecule has 5 rings (SSSR count). The molecule has 0 amide bonds. The molecule has 2 fully saturated rings. The fraction of sp³-hybridized carbons (Fsp3) is 0.417. The number of carbonyl (C=O) groups is 2. The van der Waals surface area contributed by atoms with Crippen LogP contribution in [0.25, 0.3) is 0 Å². The highest BCUT2D eigenvalue weighted by Crippen LogP contribution is 2.49. The largest absolute Gasteiger partial charge is 0.497 e. The number of fused-ring (bicyclic) bond motifs is 1. The number of anilines is 2. The number of piperazine rings is 1. The van der Waals surface area contributed by atoms with Gasteiger partial charge in [-0.25, -0.2) is 4.39 Å². The maximum absolute atomic E-state index is 16.1. The Bertz CT molecular complexity index is 1120. The molecule has 1 saturated heterocycles. The summed E-state index contributed by atoms with van der Waals surface area (Å²) in [7, 11) is 1.51. The van der Waals surface area contributed by atoms with Gasteiger partial charge in [-0.1, -0.05) is 23.7 Å². The third-order valence-electron chi connectivity index (χ3n) is 6.86. The summed E-state index contributed by atoms with van der Waals surface area (Å²) in [6.45, 7) is 2.47. The third kappa shape index (κ3) is 3.43. The Balaban J connectivity index is 1.69. The molecule has 0 aromatic heterocycles. The summed E-state index contributed by atoms with van der Waals surface area (Å²) in [6.07, 6.45) is 1.63. The lowest BCUT2D eigenvalue weighted by Gasteiger charge is -2.42. The van der Waals surface area contributed by atoms with Gasteiger partial charge in [0.15, 0.2) is 17.0 Å². The number of aliphatic carboxylic acids is 1. The van der Waals surface area contributed by atoms with Crippen LogP contribution in [0.4, 0.5) is 15.8 Å². The summed E-state index contributed by atoms with van der Waals surface area (Å²) in [5.41, 5.74) is -1.06. The molecule has 1 unspecified atom stereocenters. The Morgan fingerprint density at radius 2 is 1.88 bits per heavy atom. The van der Waals surface area contributed by atoms with Gasteiger partial charge in [0, 0.05) is 44.3 Å². The number of benzene rings is 2. The van der Waals surface area contributed by atoms with E-state index < -0.39 is 23.0 Å². The standard InChI is InChI=1S/C24H25ClFN3O4/c1-33-16-6-2-14(3-7-16)24(23(31)32)13-29(15-4-5-15)20-17(22(24)30)12-18(25)21(19(20)26)28-10-8-27-9-11-28/h2-3,6-7,12,15,27H,4-5,8-11,13H2,1H3,(H,31,32). The van der Waals surface area contributed by atoms with Gasteiger partial charge < -0.3 is 25.0 Å². The van der Waals surface area contributed by atoms with Crippen LogP contribution < -0.4 is 19.9 Å². The first-order valence-corrected chi connectivity index (χ1v) is 11.4. The van der Waals surface area contributed by atoms with Gasteiger partial charge in [-0.3, -0.25) is 9.59 Å². The second-order valence-electron chi connectivity index (χ2n) is 8.78. The van der Waals surface area contributed by atoms with E-state index in [4.69, 9.17) is 16.3 Å². The van der Waals surface area contributed by atoms with E-state index in [1.165, 1.54) is 13.2 Å². The summed E-state index contributed by atoms with van der Waals surface area (Å²) >= 11 is 6.53. The van der Waals surface area contributed by atoms with Crippen LogP contribution in [0.2, 0.25) is 5.02 Å². The number of methoxy groups -OCH3 is 1. The van der Waals surface area contributed by atoms with Crippen LogP contribution in [0.3, 0.4) is 0 Å². The Morgan fingerprint density at radius 3 is 2.45 bits per heavy atom. The van der Waals surface area contributed by atoms with Crippen molar-refractivity contribution in [1.29, 1.82) is 0 Å². The number of hydrogen-bond donors (Lipinski definition) is 2. The van der Waals surface area contributed by atoms with Crippen molar-refractivity contribution < 1.29 is 23.8 Å². The van der Waals surface area contributed by atoms with Crippen LogP contribution in [0.1, 0.15) is 28.8 Å². The van der Waals surface area contributed by atoms with E-state index in [0.29, 0.717) is 37.5 Å². The first-order valence-electron chi connectivity index (χ1n) is 11.1. The van der Waals surface area contributed by atoms with Crippen molar-refractivity contribution in [2.45, 2.75) is 24.3 Å². The van der Waals surface area contributed by atoms with E-state index in [9.17, 15) is 14.7 Å². The number of halogens is 2. The van der Waals surface area contributed by atoms with E-state index in [0.717, 1.165) is 12.8 Å². The molecule has 7 nitrogen and oxygen atoms in total. The predicted molar refractivity (Wildman–Crippen MR) is 123 cm³/mol. The van der Waals surface area contributed by atoms with Gasteiger partial charge in [0.25, 0.3) is 0 Å². The lowest BCUT2D eigenvalue weighted by Crippen LogP contribution is -2.57. The van der Waals surface area contributed by atoms with Gasteiger partial charge in [-0.15, -0.1) is 0 Å². The number of carboxylic acid groups (broad SMARTS) is 1. The zero-order valence-electron chi connectivity index (χ0n) is 18.2. The first kappa shape index (κ1) is 22.0. The number of nitrogens with one attached hydrogen (secondary N) is 1. The molecule has 1 aliphatic carbocycles. The maximum atomic E-state index is 16.1. The monoisotopic (exact) mass is 473 g/mol. The lowest BCUT2D eigenvalue weighted by atomic mass is 9.71. The minimum atomic E-state index is -1.87. The molecule has 2 aliphatic heterocycles. The van der Waals surface area contributed by atoms with Crippen molar-refractivity contribution in [2.75, 3.05) is 49.6 Å². The number of nitrogens with zero attached hydrogens (tertiary/aromatic N) is 2. The summed E-state index contributed by atoms with van der Waals surface area (Å²) < 4.78 is 21.2. The summed E-state index contributed by atoms with van der Waals surface area (Å²) in [4.78, 5) is 30.2. The van der Waals surface area contributed by atoms with Gasteiger partial charge in [-0.2, -0.15) is 0 Å². The van der Waals surface area contributed by atoms with Gasteiger partial charge in [-0.05, 0) is 36.6 Å². The minimum absolute atomic E-state index is 0.0135. The Morgan fingerprint density at radius 1 is 1.21 bits per heavy atom. The lowest BCUT2D eigenvalue weighted by molar-refractivity contribution is -0.141. The molecule has 2 N–H and O–H groups in total. The van der Waals surface area contributed by atoms with Crippen molar-refractivity contribution in [3.63, 3.8) is 0 Å². The van der Waals surface area contributed by atoms with Crippen LogP contribution in [0.15, 0.2) is 30.3 Å². The molecule has 33 heavy (non-hydrogen) atoms. The molecule has 2 heterocycles. The molecule has 0 radical (unpaired) electrons. The van der Waals surface area contributed by atoms with Crippen molar-refractivity contribution in [2.24, 2.45) is 0 Å². The summed E-state index contributed by atoms with van der Waals surface area (Å²) in [5.74, 6) is -1.92. The molecule has 1 saturated carbocycles. The molecule has 2 aromatic carbocycles. The topological polar surface area (TPSA) is 82.1 Å². The second kappa shape index (κ2) is 8.18. The molecule has 0 spiro atoms. The van der Waals surface area contributed by atoms with E-state index in [1.807, 2.05) is 4.90 Å². The van der Waals surface area contributed by atoms with Crippen LogP contribution in [0, 0.1) is 5.82 Å². The van der Waals surface area contributed by atoms with Gasteiger partial charge in [0.1, 0.15) is 5.75 Å². The summed E-state index contributed by atoms with van der Waals surface area (Å²) in [5, 5.41) is 13.7. The van der Waals surface area contributed by atoms with Crippen molar-refractivity contribution >= 4 is 34.7 Å². The smallest absolute Gasteiger partial charge is 0.323 e. The van der Waals surface area contributed by atoms with Crippen LogP contribution in [-0.4, -0.2) is 62.7 Å². The van der Waals surface area contributed by atoms with E-state index in [-0.39, 0.29) is 34.5 Å². The van der Waals surface area contributed by atoms with Crippen molar-refractivity contribution in [1.82, 2.24) is 5.32 Å². The molecular weight excluding hydrogens is 449 g/mol. The molecule has 9 heteroatoms. The molecule has 0 bridgehead atoms. The second-order valence-corrected chi connectivity index (χ2v) is 9.19. The molecule has 3 aliphatic rings. The van der Waals surface area contributed by atoms with E-state index in [2.05, 4.69) is 5.32 Å². The van der Waals surface area contributed by atoms with E-state index in [1.54, 1.807) is 29.2 Å².